The van der Waals surface area contributed by atoms with Crippen molar-refractivity contribution in [2.24, 2.45) is 5.10 Å². The molecule has 0 aliphatic rings. The van der Waals surface area contributed by atoms with E-state index in [1.54, 1.807) is 18.2 Å². The Labute approximate surface area is 230 Å². The van der Waals surface area contributed by atoms with Gasteiger partial charge in [0, 0.05) is 22.7 Å². The van der Waals surface area contributed by atoms with Crippen LogP contribution in [-0.4, -0.2) is 55.5 Å². The predicted molar refractivity (Wildman–Crippen MR) is 146 cm³/mol. The Kier molecular flexibility index (Phi) is 9.67. The van der Waals surface area contributed by atoms with Crippen molar-refractivity contribution in [1.29, 1.82) is 0 Å². The van der Waals surface area contributed by atoms with E-state index >= 15 is 0 Å². The van der Waals surface area contributed by atoms with Crippen LogP contribution in [0.25, 0.3) is 0 Å². The van der Waals surface area contributed by atoms with E-state index < -0.39 is 22.5 Å². The Balaban J connectivity index is 2.01. The van der Waals surface area contributed by atoms with E-state index in [1.165, 1.54) is 71.1 Å². The van der Waals surface area contributed by atoms with Gasteiger partial charge in [0.2, 0.25) is 0 Å². The van der Waals surface area contributed by atoms with Gasteiger partial charge >= 0.3 is 0 Å². The number of carbonyl (C=O) groups is 1. The molecule has 0 fully saturated rings. The van der Waals surface area contributed by atoms with E-state index in [0.29, 0.717) is 27.1 Å². The molecular weight excluding hydrogens is 557 g/mol. The number of methoxy groups -OCH3 is 4. The van der Waals surface area contributed by atoms with Gasteiger partial charge in [0.05, 0.1) is 50.3 Å². The average molecular weight is 582 g/mol. The summed E-state index contributed by atoms with van der Waals surface area (Å²) in [5.41, 5.74) is 2.89. The minimum atomic E-state index is -4.34. The second kappa shape index (κ2) is 12.7. The van der Waals surface area contributed by atoms with Gasteiger partial charge in [-0.05, 0) is 36.4 Å². The molecule has 13 heteroatoms. The minimum absolute atomic E-state index is 0.0708. The third-order valence-electron chi connectivity index (χ3n) is 5.24. The van der Waals surface area contributed by atoms with E-state index in [1.807, 2.05) is 0 Å². The van der Waals surface area contributed by atoms with Gasteiger partial charge < -0.3 is 18.9 Å². The smallest absolute Gasteiger partial charge is 0.265 e. The molecule has 10 nitrogen and oxygen atoms in total. The highest BCUT2D eigenvalue weighted by Gasteiger charge is 2.31. The van der Waals surface area contributed by atoms with E-state index in [4.69, 9.17) is 42.1 Å². The molecule has 0 radical (unpaired) electrons. The number of carbonyl (C=O) groups excluding carboxylic acids is 1. The van der Waals surface area contributed by atoms with Crippen LogP contribution in [-0.2, 0) is 14.8 Å². The maximum Gasteiger partial charge on any atom is 0.265 e. The molecule has 0 spiro atoms. The van der Waals surface area contributed by atoms with Gasteiger partial charge in [-0.3, -0.25) is 9.10 Å². The molecule has 0 aliphatic heterocycles. The van der Waals surface area contributed by atoms with Gasteiger partial charge in [0.25, 0.3) is 15.9 Å². The fraction of sp³-hybridized carbons (Fsp3) is 0.200. The number of rotatable bonds is 11. The van der Waals surface area contributed by atoms with E-state index in [9.17, 15) is 13.2 Å². The number of hydrogen-bond donors (Lipinski definition) is 1. The predicted octanol–water partition coefficient (Wildman–Crippen LogP) is 4.37. The molecule has 0 saturated heterocycles. The maximum atomic E-state index is 13.9. The van der Waals surface area contributed by atoms with Crippen molar-refractivity contribution in [3.8, 4) is 23.0 Å². The lowest BCUT2D eigenvalue weighted by molar-refractivity contribution is -0.119. The number of halogens is 2. The number of hydrogen-bond acceptors (Lipinski definition) is 8. The summed E-state index contributed by atoms with van der Waals surface area (Å²) < 4.78 is 49.7. The third-order valence-corrected chi connectivity index (χ3v) is 7.56. The van der Waals surface area contributed by atoms with Gasteiger partial charge in [-0.2, -0.15) is 5.10 Å². The second-order valence-electron chi connectivity index (χ2n) is 7.53. The highest BCUT2D eigenvalue weighted by atomic mass is 35.5. The Morgan fingerprint density at radius 3 is 2.21 bits per heavy atom. The first-order valence-corrected chi connectivity index (χ1v) is 13.1. The summed E-state index contributed by atoms with van der Waals surface area (Å²) in [6, 6.07) is 13.4. The summed E-state index contributed by atoms with van der Waals surface area (Å²) in [6.45, 7) is -0.647. The van der Waals surface area contributed by atoms with Gasteiger partial charge in [-0.1, -0.05) is 29.3 Å². The van der Waals surface area contributed by atoms with Crippen molar-refractivity contribution in [3.63, 3.8) is 0 Å². The van der Waals surface area contributed by atoms with Crippen molar-refractivity contribution >= 4 is 51.0 Å². The first kappa shape index (κ1) is 28.9. The minimum Gasteiger partial charge on any atom is -0.497 e. The number of anilines is 1. The highest BCUT2D eigenvalue weighted by Crippen LogP contribution is 2.37. The van der Waals surface area contributed by atoms with Crippen LogP contribution in [0.15, 0.2) is 64.6 Å². The van der Waals surface area contributed by atoms with Crippen LogP contribution < -0.4 is 28.7 Å². The van der Waals surface area contributed by atoms with Crippen LogP contribution in [0.2, 0.25) is 10.0 Å². The summed E-state index contributed by atoms with van der Waals surface area (Å²) in [5, 5.41) is 4.67. The SMILES string of the molecule is COc1ccc(OC)c(N(CC(=O)N/N=C\c2ccc(Cl)cc2Cl)S(=O)(=O)c2ccc(OC)c(OC)c2)c1. The van der Waals surface area contributed by atoms with Gasteiger partial charge in [0.15, 0.2) is 11.5 Å². The number of nitrogens with zero attached hydrogens (tertiary/aromatic N) is 2. The van der Waals surface area contributed by atoms with Gasteiger partial charge in [-0.15, -0.1) is 0 Å². The largest absolute Gasteiger partial charge is 0.497 e. The van der Waals surface area contributed by atoms with Crippen LogP contribution >= 0.6 is 23.2 Å². The van der Waals surface area contributed by atoms with Crippen molar-refractivity contribution in [2.45, 2.75) is 4.90 Å². The summed E-state index contributed by atoms with van der Waals surface area (Å²) in [4.78, 5) is 12.8. The molecule has 38 heavy (non-hydrogen) atoms. The Morgan fingerprint density at radius 2 is 1.58 bits per heavy atom. The monoisotopic (exact) mass is 581 g/mol. The summed E-state index contributed by atoms with van der Waals surface area (Å²) >= 11 is 12.0. The number of ether oxygens (including phenoxy) is 4. The zero-order valence-electron chi connectivity index (χ0n) is 20.9. The fourth-order valence-corrected chi connectivity index (χ4v) is 5.24. The lowest BCUT2D eigenvalue weighted by Crippen LogP contribution is -2.39. The van der Waals surface area contributed by atoms with E-state index in [2.05, 4.69) is 10.5 Å². The number of sulfonamides is 1. The Morgan fingerprint density at radius 1 is 0.895 bits per heavy atom. The first-order valence-electron chi connectivity index (χ1n) is 10.9. The molecule has 1 amide bonds. The third kappa shape index (κ3) is 6.60. The number of hydrazone groups is 1. The molecule has 202 valence electrons. The van der Waals surface area contributed by atoms with Crippen LogP contribution in [0.4, 0.5) is 5.69 Å². The van der Waals surface area contributed by atoms with Crippen molar-refractivity contribution in [1.82, 2.24) is 5.43 Å². The number of amides is 1. The quantitative estimate of drug-likeness (QED) is 0.264. The van der Waals surface area contributed by atoms with Crippen LogP contribution in [0, 0.1) is 0 Å². The zero-order valence-corrected chi connectivity index (χ0v) is 23.2. The first-order chi connectivity index (χ1) is 18.1. The number of benzene rings is 3. The Bertz CT molecular complexity index is 1450. The molecular formula is C25H25Cl2N3O7S. The molecule has 0 aromatic heterocycles. The molecule has 3 aromatic carbocycles. The van der Waals surface area contributed by atoms with Crippen LogP contribution in [0.3, 0.4) is 0 Å². The fourth-order valence-electron chi connectivity index (χ4n) is 3.34. The van der Waals surface area contributed by atoms with Gasteiger partial charge in [-0.25, -0.2) is 13.8 Å². The topological polar surface area (TPSA) is 116 Å². The van der Waals surface area contributed by atoms with Crippen LogP contribution in [0.5, 0.6) is 23.0 Å². The van der Waals surface area contributed by atoms with E-state index in [-0.39, 0.29) is 22.1 Å². The Hall–Kier alpha value is -3.67. The molecule has 3 aromatic rings. The average Bonchev–Trinajstić information content (AvgIpc) is 2.91. The molecule has 0 aliphatic carbocycles. The molecule has 0 unspecified atom stereocenters. The second-order valence-corrected chi connectivity index (χ2v) is 10.2. The van der Waals surface area contributed by atoms with Crippen molar-refractivity contribution < 1.29 is 32.2 Å². The summed E-state index contributed by atoms with van der Waals surface area (Å²) in [6.07, 6.45) is 1.32. The van der Waals surface area contributed by atoms with E-state index in [0.717, 1.165) is 4.31 Å². The number of nitrogens with one attached hydrogen (secondary N) is 1. The van der Waals surface area contributed by atoms with Crippen molar-refractivity contribution in [2.75, 3.05) is 39.3 Å². The van der Waals surface area contributed by atoms with Crippen molar-refractivity contribution in [3.05, 3.63) is 70.2 Å². The molecule has 0 bridgehead atoms. The molecule has 0 saturated carbocycles. The lowest BCUT2D eigenvalue weighted by atomic mass is 10.2. The molecule has 0 heterocycles. The standard InChI is InChI=1S/C25H25Cl2N3O7S/c1-34-18-7-9-22(35-2)21(12-18)30(38(32,33)19-8-10-23(36-3)24(13-19)37-4)15-25(31)29-28-14-16-5-6-17(26)11-20(16)27/h5-14H,15H2,1-4H3,(H,29,31)/b28-14-. The summed E-state index contributed by atoms with van der Waals surface area (Å²) in [5.74, 6) is 0.341. The maximum absolute atomic E-state index is 13.9. The molecule has 1 N–H and O–H groups in total. The normalized spacial score (nSPS) is 11.2. The lowest BCUT2D eigenvalue weighted by Gasteiger charge is -2.26. The molecule has 3 rings (SSSR count). The summed E-state index contributed by atoms with van der Waals surface area (Å²) in [7, 11) is 1.29. The molecule has 0 atom stereocenters. The zero-order chi connectivity index (χ0) is 27.9. The van der Waals surface area contributed by atoms with Gasteiger partial charge in [0.1, 0.15) is 18.0 Å². The highest BCUT2D eigenvalue weighted by molar-refractivity contribution is 7.92. The van der Waals surface area contributed by atoms with Crippen LogP contribution in [0.1, 0.15) is 5.56 Å².